The molecule has 8 rings (SSSR count). The number of anilines is 2. The van der Waals surface area contributed by atoms with E-state index < -0.39 is 20.9 Å². The Morgan fingerprint density at radius 2 is 1.63 bits per heavy atom. The first-order valence-electron chi connectivity index (χ1n) is 17.8. The third-order valence-electron chi connectivity index (χ3n) is 11.8. The SMILES string of the molecule is C[C@@H]1[C@@H](Nc2ccc(S(=O)(=O)NC(=O)c3ccc(N4CCN(Cc5ccccc5-c5ccc(Cl)cc5)CC4)cc3)cc2[N+](=O)[O-])C[C@H]2C[C@@H]1C2(C)C. The van der Waals surface area contributed by atoms with Crippen LogP contribution in [0.1, 0.15) is 49.5 Å². The minimum atomic E-state index is -4.38. The number of nitro benzene ring substituents is 1. The summed E-state index contributed by atoms with van der Waals surface area (Å²) in [5, 5.41) is 16.1. The summed E-state index contributed by atoms with van der Waals surface area (Å²) in [6.45, 7) is 10.9. The first kappa shape index (κ1) is 35.9. The second-order valence-electron chi connectivity index (χ2n) is 15.1. The van der Waals surface area contributed by atoms with Crippen LogP contribution in [0, 0.1) is 33.3 Å². The molecule has 10 nitrogen and oxygen atoms in total. The number of hydrogen-bond donors (Lipinski definition) is 2. The normalized spacial score (nSPS) is 22.7. The van der Waals surface area contributed by atoms with Crippen molar-refractivity contribution < 1.29 is 18.1 Å². The number of sulfonamides is 1. The number of hydrogen-bond acceptors (Lipinski definition) is 8. The van der Waals surface area contributed by atoms with Crippen LogP contribution in [0.5, 0.6) is 0 Å². The van der Waals surface area contributed by atoms with Crippen LogP contribution in [0.4, 0.5) is 17.1 Å². The van der Waals surface area contributed by atoms with Gasteiger partial charge in [-0.25, -0.2) is 13.1 Å². The molecule has 0 spiro atoms. The summed E-state index contributed by atoms with van der Waals surface area (Å²) in [7, 11) is -4.38. The van der Waals surface area contributed by atoms with Crippen molar-refractivity contribution in [2.24, 2.45) is 23.2 Å². The molecule has 3 saturated carbocycles. The van der Waals surface area contributed by atoms with Crippen LogP contribution in [-0.2, 0) is 16.6 Å². The van der Waals surface area contributed by atoms with Gasteiger partial charge in [-0.3, -0.25) is 19.8 Å². The number of fused-ring (bicyclic) bond motifs is 2. The van der Waals surface area contributed by atoms with Crippen LogP contribution in [-0.4, -0.2) is 56.4 Å². The fourth-order valence-electron chi connectivity index (χ4n) is 8.53. The molecule has 272 valence electrons. The van der Waals surface area contributed by atoms with Gasteiger partial charge in [-0.05, 0) is 101 Å². The van der Waals surface area contributed by atoms with E-state index in [1.54, 1.807) is 12.1 Å². The first-order valence-corrected chi connectivity index (χ1v) is 19.7. The minimum absolute atomic E-state index is 0.0627. The van der Waals surface area contributed by atoms with Gasteiger partial charge in [-0.15, -0.1) is 0 Å². The van der Waals surface area contributed by atoms with E-state index in [0.29, 0.717) is 22.8 Å². The van der Waals surface area contributed by atoms with Crippen molar-refractivity contribution in [3.63, 3.8) is 0 Å². The van der Waals surface area contributed by atoms with Crippen LogP contribution in [0.15, 0.2) is 95.9 Å². The molecule has 0 unspecified atom stereocenters. The van der Waals surface area contributed by atoms with E-state index >= 15 is 0 Å². The Balaban J connectivity index is 0.956. The summed E-state index contributed by atoms with van der Waals surface area (Å²) >= 11 is 6.11. The topological polar surface area (TPSA) is 125 Å². The molecule has 0 aromatic heterocycles. The largest absolute Gasteiger partial charge is 0.376 e. The molecule has 1 aliphatic heterocycles. The van der Waals surface area contributed by atoms with E-state index in [1.165, 1.54) is 29.7 Å². The Morgan fingerprint density at radius 1 is 0.942 bits per heavy atom. The molecule has 3 aliphatic carbocycles. The van der Waals surface area contributed by atoms with Gasteiger partial charge in [0.2, 0.25) is 0 Å². The Kier molecular flexibility index (Phi) is 9.79. The molecular weight excluding hydrogens is 698 g/mol. The predicted octanol–water partition coefficient (Wildman–Crippen LogP) is 7.84. The van der Waals surface area contributed by atoms with Crippen LogP contribution in [0.3, 0.4) is 0 Å². The Morgan fingerprint density at radius 3 is 2.29 bits per heavy atom. The van der Waals surface area contributed by atoms with Crippen molar-refractivity contribution in [2.45, 2.75) is 51.1 Å². The van der Waals surface area contributed by atoms with Crippen LogP contribution in [0.25, 0.3) is 11.1 Å². The lowest BCUT2D eigenvalue weighted by Gasteiger charge is -2.62. The molecule has 4 atom stereocenters. The molecule has 1 saturated heterocycles. The second-order valence-corrected chi connectivity index (χ2v) is 17.2. The molecule has 4 aromatic rings. The maximum absolute atomic E-state index is 13.3. The highest BCUT2D eigenvalue weighted by molar-refractivity contribution is 7.90. The first-order chi connectivity index (χ1) is 24.8. The lowest BCUT2D eigenvalue weighted by molar-refractivity contribution is -0.384. The molecule has 4 aliphatic rings. The number of nitrogens with one attached hydrogen (secondary N) is 2. The number of amides is 1. The number of piperazine rings is 1. The monoisotopic (exact) mass is 741 g/mol. The lowest BCUT2D eigenvalue weighted by Crippen LogP contribution is -2.58. The number of nitrogens with zero attached hydrogens (tertiary/aromatic N) is 3. The summed E-state index contributed by atoms with van der Waals surface area (Å²) in [4.78, 5) is 28.9. The van der Waals surface area contributed by atoms with Gasteiger partial charge in [-0.1, -0.05) is 68.8 Å². The van der Waals surface area contributed by atoms with E-state index in [0.717, 1.165) is 56.5 Å². The fourth-order valence-corrected chi connectivity index (χ4v) is 9.65. The second kappa shape index (κ2) is 14.2. The smallest absolute Gasteiger partial charge is 0.293 e. The highest BCUT2D eigenvalue weighted by atomic mass is 35.5. The van der Waals surface area contributed by atoms with Crippen molar-refractivity contribution in [1.82, 2.24) is 9.62 Å². The van der Waals surface area contributed by atoms with E-state index in [9.17, 15) is 23.3 Å². The van der Waals surface area contributed by atoms with Crippen molar-refractivity contribution in [1.29, 1.82) is 0 Å². The van der Waals surface area contributed by atoms with Crippen molar-refractivity contribution in [3.05, 3.63) is 117 Å². The van der Waals surface area contributed by atoms with Gasteiger partial charge in [0.1, 0.15) is 5.69 Å². The molecule has 1 amide bonds. The molecule has 52 heavy (non-hydrogen) atoms. The molecule has 1 heterocycles. The fraction of sp³-hybridized carbons (Fsp3) is 0.375. The van der Waals surface area contributed by atoms with Gasteiger partial charge in [0.05, 0.1) is 9.82 Å². The van der Waals surface area contributed by atoms with Gasteiger partial charge >= 0.3 is 0 Å². The average molecular weight is 742 g/mol. The summed E-state index contributed by atoms with van der Waals surface area (Å²) in [5.74, 6) is 0.614. The van der Waals surface area contributed by atoms with Gasteiger partial charge in [-0.2, -0.15) is 0 Å². The van der Waals surface area contributed by atoms with Crippen molar-refractivity contribution in [3.8, 4) is 11.1 Å². The quantitative estimate of drug-likeness (QED) is 0.125. The van der Waals surface area contributed by atoms with Gasteiger partial charge in [0.25, 0.3) is 21.6 Å². The number of rotatable bonds is 10. The highest BCUT2D eigenvalue weighted by Gasteiger charge is 2.56. The molecule has 4 fully saturated rings. The molecule has 4 aromatic carbocycles. The van der Waals surface area contributed by atoms with Crippen LogP contribution in [0.2, 0.25) is 5.02 Å². The summed E-state index contributed by atoms with van der Waals surface area (Å²) in [5.41, 5.74) is 4.89. The predicted molar refractivity (Wildman–Crippen MR) is 205 cm³/mol. The van der Waals surface area contributed by atoms with Crippen molar-refractivity contribution >= 4 is 44.6 Å². The van der Waals surface area contributed by atoms with Crippen LogP contribution < -0.4 is 14.9 Å². The summed E-state index contributed by atoms with van der Waals surface area (Å²) < 4.78 is 28.6. The number of halogens is 1. The van der Waals surface area contributed by atoms with Gasteiger partial charge in [0, 0.05) is 61.1 Å². The Labute approximate surface area is 310 Å². The Hall–Kier alpha value is -4.45. The van der Waals surface area contributed by atoms with E-state index in [4.69, 9.17) is 11.6 Å². The zero-order chi connectivity index (χ0) is 36.8. The zero-order valence-corrected chi connectivity index (χ0v) is 31.2. The minimum Gasteiger partial charge on any atom is -0.376 e. The number of carbonyl (C=O) groups excluding carboxylic acids is 1. The zero-order valence-electron chi connectivity index (χ0n) is 29.6. The molecular formula is C40H44ClN5O5S. The number of carbonyl (C=O) groups is 1. The highest BCUT2D eigenvalue weighted by Crippen LogP contribution is 2.61. The maximum atomic E-state index is 13.3. The molecule has 2 N–H and O–H groups in total. The van der Waals surface area contributed by atoms with Crippen LogP contribution >= 0.6 is 11.6 Å². The number of benzene rings is 4. The van der Waals surface area contributed by atoms with E-state index in [1.807, 2.05) is 42.5 Å². The third-order valence-corrected chi connectivity index (χ3v) is 13.4. The van der Waals surface area contributed by atoms with Gasteiger partial charge in [0.15, 0.2) is 0 Å². The molecule has 0 radical (unpaired) electrons. The summed E-state index contributed by atoms with van der Waals surface area (Å²) in [6, 6.07) is 27.0. The summed E-state index contributed by atoms with van der Waals surface area (Å²) in [6.07, 6.45) is 2.08. The van der Waals surface area contributed by atoms with Gasteiger partial charge < -0.3 is 10.2 Å². The molecule has 2 bridgehead atoms. The van der Waals surface area contributed by atoms with E-state index in [2.05, 4.69) is 58.8 Å². The Bertz CT molecular complexity index is 2080. The molecule has 12 heteroatoms. The van der Waals surface area contributed by atoms with E-state index in [-0.39, 0.29) is 33.3 Å². The number of nitro groups is 1. The third kappa shape index (κ3) is 7.14. The maximum Gasteiger partial charge on any atom is 0.293 e. The average Bonchev–Trinajstić information content (AvgIpc) is 3.13. The standard InChI is InChI=1S/C40H44ClN5O5S/c1-26-35-22-30(40(35,2)3)23-37(26)42-36-17-16-33(24-38(36)46(48)49)52(50,51)43-39(47)28-10-14-32(15-11-28)45-20-18-44(19-21-45)25-29-6-4-5-7-34(29)27-8-12-31(41)13-9-27/h4-17,24,26,30,35,37,42H,18-23,25H2,1-3H3,(H,43,47)/t26-,30+,35-,37-/m0/s1. The lowest BCUT2D eigenvalue weighted by atomic mass is 9.45. The van der Waals surface area contributed by atoms with Crippen molar-refractivity contribution in [2.75, 3.05) is 36.4 Å².